The number of aromatic amines is 1. The number of carbonyl (C=O) groups is 1. The first-order chi connectivity index (χ1) is 18.6. The van der Waals surface area contributed by atoms with Gasteiger partial charge in [0.15, 0.2) is 5.69 Å². The number of carboxylic acids is 1. The number of benzene rings is 1. The fraction of sp³-hybridized carbons (Fsp3) is 0.429. The number of nitrogens with one attached hydrogen (secondary N) is 2. The molecule has 2 bridgehead atoms. The zero-order valence-corrected chi connectivity index (χ0v) is 22.8. The van der Waals surface area contributed by atoms with Gasteiger partial charge in [-0.05, 0) is 76.1 Å². The van der Waals surface area contributed by atoms with E-state index in [1.165, 1.54) is 0 Å². The van der Waals surface area contributed by atoms with Gasteiger partial charge in [-0.2, -0.15) is 15.4 Å². The predicted octanol–water partition coefficient (Wildman–Crippen LogP) is 4.82. The number of anilines is 1. The lowest BCUT2D eigenvalue weighted by atomic mass is 9.52. The van der Waals surface area contributed by atoms with Crippen LogP contribution in [0, 0.1) is 6.92 Å². The van der Waals surface area contributed by atoms with Gasteiger partial charge in [0, 0.05) is 23.4 Å². The Morgan fingerprint density at radius 1 is 1.13 bits per heavy atom. The molecule has 0 spiro atoms. The highest BCUT2D eigenvalue weighted by Crippen LogP contribution is 2.57. The van der Waals surface area contributed by atoms with Gasteiger partial charge in [0.25, 0.3) is 5.56 Å². The normalized spacial score (nSPS) is 23.2. The molecule has 0 amide bonds. The van der Waals surface area contributed by atoms with E-state index in [0.29, 0.717) is 16.6 Å². The molecule has 3 fully saturated rings. The zero-order valence-electron chi connectivity index (χ0n) is 22.1. The maximum Gasteiger partial charge on any atom is 0.356 e. The van der Waals surface area contributed by atoms with Gasteiger partial charge in [-0.3, -0.25) is 9.36 Å². The molecule has 10 nitrogen and oxygen atoms in total. The molecule has 3 aliphatic carbocycles. The Balaban J connectivity index is 1.42. The maximum atomic E-state index is 13.8. The number of aryl methyl sites for hydroxylation is 1. The molecule has 39 heavy (non-hydrogen) atoms. The van der Waals surface area contributed by atoms with E-state index < -0.39 is 5.97 Å². The molecular weight excluding hydrogens is 518 g/mol. The molecule has 3 saturated carbocycles. The molecule has 0 unspecified atom stereocenters. The lowest BCUT2D eigenvalue weighted by molar-refractivity contribution is 0.0691. The van der Waals surface area contributed by atoms with Crippen molar-refractivity contribution in [1.29, 1.82) is 0 Å². The van der Waals surface area contributed by atoms with Crippen LogP contribution >= 0.6 is 11.6 Å². The first-order valence-electron chi connectivity index (χ1n) is 13.2. The van der Waals surface area contributed by atoms with Crippen molar-refractivity contribution in [2.45, 2.75) is 69.2 Å². The number of pyridine rings is 1. The quantitative estimate of drug-likeness (QED) is 0.292. The molecule has 202 valence electrons. The topological polar surface area (TPSA) is 139 Å². The van der Waals surface area contributed by atoms with Gasteiger partial charge in [-0.25, -0.2) is 14.8 Å². The summed E-state index contributed by atoms with van der Waals surface area (Å²) < 4.78 is 1.74. The van der Waals surface area contributed by atoms with Gasteiger partial charge < -0.3 is 10.4 Å². The van der Waals surface area contributed by atoms with Crippen LogP contribution in [-0.2, 0) is 17.9 Å². The minimum atomic E-state index is -1.18. The summed E-state index contributed by atoms with van der Waals surface area (Å²) in [5, 5.41) is 24.8. The molecule has 0 saturated heterocycles. The van der Waals surface area contributed by atoms with E-state index in [-0.39, 0.29) is 33.3 Å². The third kappa shape index (κ3) is 4.09. The summed E-state index contributed by atoms with van der Waals surface area (Å²) in [6.07, 6.45) is 7.57. The van der Waals surface area contributed by atoms with E-state index in [0.717, 1.165) is 61.2 Å². The van der Waals surface area contributed by atoms with Crippen molar-refractivity contribution in [3.05, 3.63) is 74.3 Å². The summed E-state index contributed by atoms with van der Waals surface area (Å²) in [5.41, 5.74) is 3.42. The first kappa shape index (κ1) is 25.5. The van der Waals surface area contributed by atoms with E-state index in [1.807, 2.05) is 39.2 Å². The molecule has 0 radical (unpaired) electrons. The number of halogens is 1. The number of aromatic carboxylic acids is 1. The van der Waals surface area contributed by atoms with Crippen molar-refractivity contribution in [3.8, 4) is 0 Å². The number of rotatable bonds is 6. The van der Waals surface area contributed by atoms with E-state index >= 15 is 0 Å². The second kappa shape index (κ2) is 9.15. The molecular formula is C28H30ClN7O3. The fourth-order valence-corrected chi connectivity index (χ4v) is 6.89. The van der Waals surface area contributed by atoms with Crippen LogP contribution in [0.15, 0.2) is 35.3 Å². The monoisotopic (exact) mass is 547 g/mol. The van der Waals surface area contributed by atoms with Gasteiger partial charge in [0.2, 0.25) is 0 Å². The van der Waals surface area contributed by atoms with Crippen LogP contribution in [0.3, 0.4) is 0 Å². The third-order valence-corrected chi connectivity index (χ3v) is 9.15. The summed E-state index contributed by atoms with van der Waals surface area (Å²) in [6.45, 7) is 3.87. The SMILES string of the molecule is Cc1cc([C@@H](C)Nc2ccc(Cl)nc2C(=O)O)c2nc(C34CCC(c5cn[nH]n5)(CC3)CC4)n(C)c(=O)c2c1. The molecule has 3 aromatic heterocycles. The molecule has 3 heterocycles. The average molecular weight is 548 g/mol. The third-order valence-electron chi connectivity index (χ3n) is 8.94. The second-order valence-electron chi connectivity index (χ2n) is 11.2. The Morgan fingerprint density at radius 2 is 1.82 bits per heavy atom. The van der Waals surface area contributed by atoms with E-state index in [2.05, 4.69) is 25.7 Å². The Morgan fingerprint density at radius 3 is 2.46 bits per heavy atom. The van der Waals surface area contributed by atoms with E-state index in [1.54, 1.807) is 16.7 Å². The van der Waals surface area contributed by atoms with Crippen LogP contribution in [0.1, 0.15) is 84.6 Å². The van der Waals surface area contributed by atoms with Crippen LogP contribution < -0.4 is 10.9 Å². The van der Waals surface area contributed by atoms with E-state index in [4.69, 9.17) is 16.6 Å². The zero-order chi connectivity index (χ0) is 27.5. The van der Waals surface area contributed by atoms with Crippen molar-refractivity contribution in [1.82, 2.24) is 29.9 Å². The summed E-state index contributed by atoms with van der Waals surface area (Å²) in [5.74, 6) is -0.351. The molecule has 3 aliphatic rings. The number of carboxylic acid groups (broad SMARTS) is 1. The van der Waals surface area contributed by atoms with Crippen LogP contribution in [0.4, 0.5) is 5.69 Å². The summed E-state index contributed by atoms with van der Waals surface area (Å²) in [7, 11) is 1.83. The van der Waals surface area contributed by atoms with E-state index in [9.17, 15) is 14.7 Å². The molecule has 4 aromatic rings. The molecule has 7 rings (SSSR count). The highest BCUT2D eigenvalue weighted by atomic mass is 35.5. The molecule has 11 heteroatoms. The Hall–Kier alpha value is -3.79. The van der Waals surface area contributed by atoms with Crippen LogP contribution in [-0.4, -0.2) is 41.0 Å². The van der Waals surface area contributed by atoms with Gasteiger partial charge in [-0.15, -0.1) is 0 Å². The Kier molecular flexibility index (Phi) is 5.98. The van der Waals surface area contributed by atoms with Crippen LogP contribution in [0.25, 0.3) is 10.9 Å². The Bertz CT molecular complexity index is 1640. The summed E-state index contributed by atoms with van der Waals surface area (Å²) >= 11 is 5.95. The molecule has 0 aliphatic heterocycles. The minimum Gasteiger partial charge on any atom is -0.476 e. The van der Waals surface area contributed by atoms with Crippen molar-refractivity contribution in [2.24, 2.45) is 7.05 Å². The number of fused-ring (bicyclic) bond motifs is 4. The van der Waals surface area contributed by atoms with Crippen molar-refractivity contribution < 1.29 is 9.90 Å². The van der Waals surface area contributed by atoms with Gasteiger partial charge >= 0.3 is 5.97 Å². The summed E-state index contributed by atoms with van der Waals surface area (Å²) in [6, 6.07) is 6.70. The predicted molar refractivity (Wildman–Crippen MR) is 147 cm³/mol. The summed E-state index contributed by atoms with van der Waals surface area (Å²) in [4.78, 5) is 34.8. The highest BCUT2D eigenvalue weighted by Gasteiger charge is 2.52. The van der Waals surface area contributed by atoms with Crippen molar-refractivity contribution >= 4 is 34.2 Å². The van der Waals surface area contributed by atoms with Crippen molar-refractivity contribution in [2.75, 3.05) is 5.32 Å². The maximum absolute atomic E-state index is 13.8. The molecule has 1 aromatic carbocycles. The largest absolute Gasteiger partial charge is 0.476 e. The number of hydrogen-bond acceptors (Lipinski definition) is 7. The van der Waals surface area contributed by atoms with Gasteiger partial charge in [-0.1, -0.05) is 17.7 Å². The Labute approximate surface area is 229 Å². The number of hydrogen-bond donors (Lipinski definition) is 3. The van der Waals surface area contributed by atoms with Crippen LogP contribution in [0.5, 0.6) is 0 Å². The lowest BCUT2D eigenvalue weighted by Crippen LogP contribution is -2.49. The number of aromatic nitrogens is 6. The fourth-order valence-electron chi connectivity index (χ4n) is 6.75. The van der Waals surface area contributed by atoms with Crippen LogP contribution in [0.2, 0.25) is 5.15 Å². The van der Waals surface area contributed by atoms with Gasteiger partial charge in [0.1, 0.15) is 11.0 Å². The first-order valence-corrected chi connectivity index (χ1v) is 13.5. The smallest absolute Gasteiger partial charge is 0.356 e. The number of H-pyrrole nitrogens is 1. The highest BCUT2D eigenvalue weighted by molar-refractivity contribution is 6.29. The van der Waals surface area contributed by atoms with Gasteiger partial charge in [0.05, 0.1) is 34.5 Å². The lowest BCUT2D eigenvalue weighted by Gasteiger charge is -2.52. The molecule has 3 N–H and O–H groups in total. The minimum absolute atomic E-state index is 0.0413. The average Bonchev–Trinajstić information content (AvgIpc) is 3.48. The standard InChI is InChI=1S/C28H30ClN7O3/c1-15-12-17(16(2)31-19-4-5-21(29)32-23(19)25(38)39)22-18(13-15)24(37)36(3)26(33-22)28-9-6-27(7-10-28,8-11-28)20-14-30-35-34-20/h4-5,12-14,16,31H,6-11H2,1-3H3,(H,38,39)(H,30,34,35)/t16-,27?,28?/m1/s1. The molecule has 1 atom stereocenters. The second-order valence-corrected chi connectivity index (χ2v) is 11.6. The number of nitrogens with zero attached hydrogens (tertiary/aromatic N) is 5. The van der Waals surface area contributed by atoms with Crippen molar-refractivity contribution in [3.63, 3.8) is 0 Å².